The number of alkyl halides is 1. The molecule has 4 atom stereocenters. The fourth-order valence-electron chi connectivity index (χ4n) is 5.81. The van der Waals surface area contributed by atoms with E-state index in [1.54, 1.807) is 0 Å². The molecule has 3 fully saturated rings. The monoisotopic (exact) mass is 354 g/mol. The number of amides is 1. The zero-order chi connectivity index (χ0) is 18.0. The van der Waals surface area contributed by atoms with Gasteiger partial charge in [-0.25, -0.2) is 4.39 Å². The number of primary amides is 1. The topological polar surface area (TPSA) is 55.6 Å². The van der Waals surface area contributed by atoms with Crippen molar-refractivity contribution in [3.8, 4) is 0 Å². The first-order chi connectivity index (χ1) is 11.9. The lowest BCUT2D eigenvalue weighted by Gasteiger charge is -2.46. The Morgan fingerprint density at radius 1 is 1.20 bits per heavy atom. The molecule has 1 saturated heterocycles. The van der Waals surface area contributed by atoms with Crippen molar-refractivity contribution in [2.24, 2.45) is 29.4 Å². The van der Waals surface area contributed by atoms with Gasteiger partial charge in [-0.05, 0) is 96.2 Å². The maximum atomic E-state index is 13.7. The summed E-state index contributed by atoms with van der Waals surface area (Å²) in [7, 11) is 4.22. The van der Waals surface area contributed by atoms with Gasteiger partial charge in [-0.15, -0.1) is 0 Å². The van der Waals surface area contributed by atoms with Crippen LogP contribution in [-0.2, 0) is 9.53 Å². The van der Waals surface area contributed by atoms with Gasteiger partial charge in [0.1, 0.15) is 6.17 Å². The summed E-state index contributed by atoms with van der Waals surface area (Å²) < 4.78 is 20.3. The SMILES string of the molecule is CN(C)CCCC1(C2CCC(F)CC2)OCC2CC(C(N)=O)CCC21. The van der Waals surface area contributed by atoms with Crippen LogP contribution in [0.15, 0.2) is 0 Å². The lowest BCUT2D eigenvalue weighted by Crippen LogP contribution is -2.48. The first-order valence-corrected chi connectivity index (χ1v) is 10.1. The zero-order valence-electron chi connectivity index (χ0n) is 15.9. The normalized spacial score (nSPS) is 41.7. The molecule has 2 saturated carbocycles. The molecule has 0 bridgehead atoms. The highest BCUT2D eigenvalue weighted by Gasteiger charge is 2.55. The van der Waals surface area contributed by atoms with Crippen LogP contribution in [0.2, 0.25) is 0 Å². The fraction of sp³-hybridized carbons (Fsp3) is 0.950. The van der Waals surface area contributed by atoms with Gasteiger partial charge in [-0.3, -0.25) is 4.79 Å². The first-order valence-electron chi connectivity index (χ1n) is 10.1. The summed E-state index contributed by atoms with van der Waals surface area (Å²) in [5, 5.41) is 0. The molecule has 3 rings (SSSR count). The van der Waals surface area contributed by atoms with Gasteiger partial charge in [-0.1, -0.05) is 0 Å². The summed E-state index contributed by atoms with van der Waals surface area (Å²) in [6.45, 7) is 1.82. The number of carbonyl (C=O) groups excluding carboxylic acids is 1. The molecule has 0 aromatic carbocycles. The number of halogens is 1. The number of rotatable bonds is 6. The Balaban J connectivity index is 1.74. The van der Waals surface area contributed by atoms with Crippen molar-refractivity contribution in [2.75, 3.05) is 27.2 Å². The third-order valence-corrected chi connectivity index (χ3v) is 7.10. The Kier molecular flexibility index (Phi) is 6.04. The molecule has 0 aromatic rings. The van der Waals surface area contributed by atoms with E-state index in [4.69, 9.17) is 10.5 Å². The zero-order valence-corrected chi connectivity index (χ0v) is 15.9. The highest BCUT2D eigenvalue weighted by molar-refractivity contribution is 5.76. The van der Waals surface area contributed by atoms with E-state index >= 15 is 0 Å². The Morgan fingerprint density at radius 2 is 1.92 bits per heavy atom. The molecule has 0 radical (unpaired) electrons. The molecule has 25 heavy (non-hydrogen) atoms. The lowest BCUT2D eigenvalue weighted by atomic mass is 9.61. The number of ether oxygens (including phenoxy) is 1. The van der Waals surface area contributed by atoms with E-state index in [1.165, 1.54) is 0 Å². The number of hydrogen-bond acceptors (Lipinski definition) is 3. The van der Waals surface area contributed by atoms with Gasteiger partial charge < -0.3 is 15.4 Å². The minimum atomic E-state index is -0.627. The number of hydrogen-bond donors (Lipinski definition) is 1. The van der Waals surface area contributed by atoms with Gasteiger partial charge in [0.05, 0.1) is 12.2 Å². The van der Waals surface area contributed by atoms with Crippen LogP contribution in [-0.4, -0.2) is 49.8 Å². The Morgan fingerprint density at radius 3 is 2.56 bits per heavy atom. The molecule has 2 N–H and O–H groups in total. The predicted molar refractivity (Wildman–Crippen MR) is 96.8 cm³/mol. The molecule has 3 aliphatic rings. The molecule has 0 spiro atoms. The molecule has 1 amide bonds. The summed E-state index contributed by atoms with van der Waals surface area (Å²) in [5.41, 5.74) is 5.47. The van der Waals surface area contributed by atoms with Gasteiger partial charge in [0.15, 0.2) is 0 Å². The van der Waals surface area contributed by atoms with E-state index in [0.29, 0.717) is 30.6 Å². The minimum absolute atomic E-state index is 0.0176. The highest BCUT2D eigenvalue weighted by Crippen LogP contribution is 2.54. The molecule has 2 aliphatic carbocycles. The Hall–Kier alpha value is -0.680. The molecule has 5 heteroatoms. The molecule has 4 unspecified atom stereocenters. The molecule has 1 aliphatic heterocycles. The molecule has 144 valence electrons. The van der Waals surface area contributed by atoms with Gasteiger partial charge in [0, 0.05) is 5.92 Å². The third-order valence-electron chi connectivity index (χ3n) is 7.10. The summed E-state index contributed by atoms with van der Waals surface area (Å²) in [6.07, 6.45) is 7.64. The second-order valence-corrected chi connectivity index (χ2v) is 8.90. The van der Waals surface area contributed by atoms with E-state index in [-0.39, 0.29) is 17.4 Å². The molecule has 1 heterocycles. The first kappa shape index (κ1) is 19.1. The van der Waals surface area contributed by atoms with Crippen LogP contribution in [0.25, 0.3) is 0 Å². The fourth-order valence-corrected chi connectivity index (χ4v) is 5.81. The summed E-state index contributed by atoms with van der Waals surface area (Å²) >= 11 is 0. The summed E-state index contributed by atoms with van der Waals surface area (Å²) in [4.78, 5) is 13.8. The van der Waals surface area contributed by atoms with Gasteiger partial charge in [0.2, 0.25) is 5.91 Å². The van der Waals surface area contributed by atoms with E-state index < -0.39 is 6.17 Å². The van der Waals surface area contributed by atoms with Crippen molar-refractivity contribution in [1.82, 2.24) is 4.90 Å². The minimum Gasteiger partial charge on any atom is -0.374 e. The van der Waals surface area contributed by atoms with E-state index in [0.717, 1.165) is 58.1 Å². The highest BCUT2D eigenvalue weighted by atomic mass is 19.1. The second-order valence-electron chi connectivity index (χ2n) is 8.90. The Labute approximate surface area is 151 Å². The van der Waals surface area contributed by atoms with Crippen LogP contribution in [0, 0.1) is 23.7 Å². The van der Waals surface area contributed by atoms with Crippen LogP contribution >= 0.6 is 0 Å². The second kappa shape index (κ2) is 7.91. The number of fused-ring (bicyclic) bond motifs is 1. The van der Waals surface area contributed by atoms with Crippen molar-refractivity contribution in [1.29, 1.82) is 0 Å². The van der Waals surface area contributed by atoms with Gasteiger partial charge in [-0.2, -0.15) is 0 Å². The van der Waals surface area contributed by atoms with Crippen molar-refractivity contribution in [3.63, 3.8) is 0 Å². The van der Waals surface area contributed by atoms with E-state index in [9.17, 15) is 9.18 Å². The largest absolute Gasteiger partial charge is 0.374 e. The average Bonchev–Trinajstić information content (AvgIpc) is 2.94. The summed E-state index contributed by atoms with van der Waals surface area (Å²) in [5.74, 6) is 1.31. The standard InChI is InChI=1S/C20H35FN2O2/c1-23(2)11-3-10-20(16-5-7-17(21)8-6-16)18-9-4-14(19(22)24)12-15(18)13-25-20/h14-18H,3-13H2,1-2H3,(H2,22,24). The van der Waals surface area contributed by atoms with Crippen LogP contribution < -0.4 is 5.73 Å². The number of carbonyl (C=O) groups is 1. The van der Waals surface area contributed by atoms with Crippen molar-refractivity contribution < 1.29 is 13.9 Å². The Bertz CT molecular complexity index is 465. The number of nitrogens with two attached hydrogens (primary N) is 1. The van der Waals surface area contributed by atoms with Crippen molar-refractivity contribution in [3.05, 3.63) is 0 Å². The molecular formula is C20H35FN2O2. The van der Waals surface area contributed by atoms with Crippen LogP contribution in [0.4, 0.5) is 4.39 Å². The number of nitrogens with zero attached hydrogens (tertiary/aromatic N) is 1. The average molecular weight is 355 g/mol. The van der Waals surface area contributed by atoms with Crippen molar-refractivity contribution >= 4 is 5.91 Å². The van der Waals surface area contributed by atoms with Crippen LogP contribution in [0.5, 0.6) is 0 Å². The predicted octanol–water partition coefficient (Wildman–Crippen LogP) is 3.14. The smallest absolute Gasteiger partial charge is 0.220 e. The molecule has 0 aromatic heterocycles. The lowest BCUT2D eigenvalue weighted by molar-refractivity contribution is -0.124. The molecular weight excluding hydrogens is 319 g/mol. The van der Waals surface area contributed by atoms with Crippen LogP contribution in [0.1, 0.15) is 57.8 Å². The van der Waals surface area contributed by atoms with E-state index in [2.05, 4.69) is 19.0 Å². The van der Waals surface area contributed by atoms with Gasteiger partial charge in [0.25, 0.3) is 0 Å². The van der Waals surface area contributed by atoms with E-state index in [1.807, 2.05) is 0 Å². The van der Waals surface area contributed by atoms with Crippen LogP contribution in [0.3, 0.4) is 0 Å². The third kappa shape index (κ3) is 4.02. The summed E-state index contributed by atoms with van der Waals surface area (Å²) in [6, 6.07) is 0. The maximum absolute atomic E-state index is 13.7. The maximum Gasteiger partial charge on any atom is 0.220 e. The quantitative estimate of drug-likeness (QED) is 0.797. The van der Waals surface area contributed by atoms with Crippen molar-refractivity contribution in [2.45, 2.75) is 69.6 Å². The van der Waals surface area contributed by atoms with Gasteiger partial charge >= 0.3 is 0 Å². The molecule has 4 nitrogen and oxygen atoms in total.